The van der Waals surface area contributed by atoms with Crippen LogP contribution in [0.5, 0.6) is 0 Å². The van der Waals surface area contributed by atoms with Gasteiger partial charge in [-0.25, -0.2) is 4.79 Å². The second kappa shape index (κ2) is 11.6. The molecular formula is C25H34O12. The number of hydrogen-bond acceptors (Lipinski definition) is 12. The van der Waals surface area contributed by atoms with Crippen molar-refractivity contribution in [1.82, 2.24) is 0 Å². The van der Waals surface area contributed by atoms with E-state index in [-0.39, 0.29) is 42.1 Å². The zero-order chi connectivity index (χ0) is 26.9. The Hall–Kier alpha value is -2.35. The van der Waals surface area contributed by atoms with E-state index in [0.29, 0.717) is 19.3 Å². The van der Waals surface area contributed by atoms with E-state index in [0.717, 1.165) is 6.26 Å². The SMILES string of the molecule is C=C[C@H]1[C@H](O[C@H]2O[C@H](CO)[C@H](O)[C@H](O)[C@H]2O)OC=C(C(=O)O[C@H]2C[C@@H]3CC(=O)OC[C@@H]3[C@H]2C)[C@H]1CC=O. The molecule has 12 nitrogen and oxygen atoms in total. The Bertz CT molecular complexity index is 902. The van der Waals surface area contributed by atoms with Gasteiger partial charge in [-0.2, -0.15) is 0 Å². The molecule has 37 heavy (non-hydrogen) atoms. The first kappa shape index (κ1) is 27.7. The summed E-state index contributed by atoms with van der Waals surface area (Å²) in [6.07, 6.45) is -5.14. The molecule has 3 fully saturated rings. The number of aldehydes is 1. The number of cyclic esters (lactones) is 1. The van der Waals surface area contributed by atoms with Gasteiger partial charge in [0.1, 0.15) is 36.8 Å². The molecule has 1 aliphatic carbocycles. The molecule has 1 saturated carbocycles. The van der Waals surface area contributed by atoms with Crippen molar-refractivity contribution in [2.75, 3.05) is 13.2 Å². The fraction of sp³-hybridized carbons (Fsp3) is 0.720. The van der Waals surface area contributed by atoms with E-state index in [9.17, 15) is 34.8 Å². The van der Waals surface area contributed by atoms with Gasteiger partial charge in [0.2, 0.25) is 6.29 Å². The summed E-state index contributed by atoms with van der Waals surface area (Å²) in [5, 5.41) is 39.7. The molecule has 0 amide bonds. The standard InChI is InChI=1S/C25H34O12/c1-3-13-14(4-5-26)16(23(32)35-17-6-12-7-19(28)33-9-15(12)11(17)2)10-34-24(13)37-25-22(31)21(30)20(29)18(8-27)36-25/h3,5,10-15,17-18,20-22,24-25,27,29-31H,1,4,6-9H2,2H3/t11-,12-,13-,14+,15-,17+,18-,20+,21+,22-,24+,25-/m1/s1. The van der Waals surface area contributed by atoms with Gasteiger partial charge in [-0.05, 0) is 18.3 Å². The molecule has 0 aromatic heterocycles. The lowest BCUT2D eigenvalue weighted by Gasteiger charge is -2.43. The summed E-state index contributed by atoms with van der Waals surface area (Å²) in [6.45, 7) is 5.39. The minimum Gasteiger partial charge on any atom is -0.471 e. The van der Waals surface area contributed by atoms with Crippen LogP contribution in [0, 0.1) is 29.6 Å². The maximum atomic E-state index is 13.2. The fourth-order valence-corrected chi connectivity index (χ4v) is 5.75. The minimum atomic E-state index is -1.66. The number of aliphatic hydroxyl groups excluding tert-OH is 4. The van der Waals surface area contributed by atoms with E-state index in [1.165, 1.54) is 6.08 Å². The Labute approximate surface area is 213 Å². The number of aliphatic hydroxyl groups is 4. The number of carbonyl (C=O) groups is 3. The molecule has 12 heteroatoms. The molecule has 0 bridgehead atoms. The number of ether oxygens (including phenoxy) is 5. The average Bonchev–Trinajstić information content (AvgIpc) is 3.18. The van der Waals surface area contributed by atoms with Crippen LogP contribution in [0.3, 0.4) is 0 Å². The topological polar surface area (TPSA) is 178 Å². The normalized spacial score (nSPS) is 43.6. The molecule has 2 saturated heterocycles. The molecule has 4 aliphatic rings. The van der Waals surface area contributed by atoms with Crippen LogP contribution in [0.25, 0.3) is 0 Å². The molecule has 3 heterocycles. The van der Waals surface area contributed by atoms with E-state index in [1.54, 1.807) is 0 Å². The average molecular weight is 527 g/mol. The van der Waals surface area contributed by atoms with Gasteiger partial charge < -0.3 is 48.9 Å². The van der Waals surface area contributed by atoms with Gasteiger partial charge in [0, 0.05) is 30.6 Å². The van der Waals surface area contributed by atoms with E-state index >= 15 is 0 Å². The van der Waals surface area contributed by atoms with Crippen LogP contribution in [0.15, 0.2) is 24.5 Å². The number of fused-ring (bicyclic) bond motifs is 1. The molecular weight excluding hydrogens is 492 g/mol. The molecule has 0 radical (unpaired) electrons. The first-order valence-electron chi connectivity index (χ1n) is 12.4. The molecule has 0 aromatic rings. The molecule has 0 unspecified atom stereocenters. The van der Waals surface area contributed by atoms with Crippen molar-refractivity contribution >= 4 is 18.2 Å². The van der Waals surface area contributed by atoms with E-state index in [4.69, 9.17) is 23.7 Å². The van der Waals surface area contributed by atoms with Crippen LogP contribution in [0.2, 0.25) is 0 Å². The van der Waals surface area contributed by atoms with Crippen LogP contribution in [-0.2, 0) is 38.1 Å². The van der Waals surface area contributed by atoms with Crippen molar-refractivity contribution in [3.63, 3.8) is 0 Å². The van der Waals surface area contributed by atoms with Crippen LogP contribution >= 0.6 is 0 Å². The largest absolute Gasteiger partial charge is 0.471 e. The van der Waals surface area contributed by atoms with Gasteiger partial charge in [-0.1, -0.05) is 13.0 Å². The Morgan fingerprint density at radius 2 is 1.97 bits per heavy atom. The Morgan fingerprint density at radius 3 is 2.65 bits per heavy atom. The van der Waals surface area contributed by atoms with Crippen LogP contribution in [0.4, 0.5) is 0 Å². The highest BCUT2D eigenvalue weighted by atomic mass is 16.8. The highest BCUT2D eigenvalue weighted by Gasteiger charge is 2.49. The molecule has 0 aromatic carbocycles. The lowest BCUT2D eigenvalue weighted by Crippen LogP contribution is -2.60. The van der Waals surface area contributed by atoms with Gasteiger partial charge in [-0.15, -0.1) is 6.58 Å². The van der Waals surface area contributed by atoms with E-state index in [1.807, 2.05) is 6.92 Å². The van der Waals surface area contributed by atoms with Gasteiger partial charge >= 0.3 is 11.9 Å². The first-order chi connectivity index (χ1) is 17.7. The number of esters is 2. The summed E-state index contributed by atoms with van der Waals surface area (Å²) in [4.78, 5) is 36.4. The predicted molar refractivity (Wildman–Crippen MR) is 122 cm³/mol. The first-order valence-corrected chi connectivity index (χ1v) is 12.4. The monoisotopic (exact) mass is 526 g/mol. The summed E-state index contributed by atoms with van der Waals surface area (Å²) in [7, 11) is 0. The Balaban J connectivity index is 1.47. The third kappa shape index (κ3) is 5.45. The molecule has 206 valence electrons. The highest BCUT2D eigenvalue weighted by Crippen LogP contribution is 2.44. The van der Waals surface area contributed by atoms with Gasteiger partial charge in [0.25, 0.3) is 0 Å². The quantitative estimate of drug-likeness (QED) is 0.176. The maximum absolute atomic E-state index is 13.2. The molecule has 4 rings (SSSR count). The van der Waals surface area contributed by atoms with Crippen molar-refractivity contribution in [1.29, 1.82) is 0 Å². The van der Waals surface area contributed by atoms with Crippen LogP contribution < -0.4 is 0 Å². The lowest BCUT2D eigenvalue weighted by molar-refractivity contribution is -0.339. The fourth-order valence-electron chi connectivity index (χ4n) is 5.75. The van der Waals surface area contributed by atoms with Crippen molar-refractivity contribution < 1.29 is 58.5 Å². The molecule has 4 N–H and O–H groups in total. The van der Waals surface area contributed by atoms with Crippen molar-refractivity contribution in [3.05, 3.63) is 24.5 Å². The van der Waals surface area contributed by atoms with Crippen molar-refractivity contribution in [3.8, 4) is 0 Å². The third-order valence-electron chi connectivity index (χ3n) is 8.01. The number of hydrogen-bond donors (Lipinski definition) is 4. The second-order valence-electron chi connectivity index (χ2n) is 10.1. The molecule has 12 atom stereocenters. The molecule has 0 spiro atoms. The van der Waals surface area contributed by atoms with Gasteiger partial charge in [0.05, 0.1) is 25.0 Å². The maximum Gasteiger partial charge on any atom is 0.337 e. The number of carbonyl (C=O) groups excluding carboxylic acids is 3. The Kier molecular flexibility index (Phi) is 8.66. The zero-order valence-electron chi connectivity index (χ0n) is 20.5. The van der Waals surface area contributed by atoms with Crippen molar-refractivity contribution in [2.24, 2.45) is 29.6 Å². The second-order valence-corrected chi connectivity index (χ2v) is 10.1. The Morgan fingerprint density at radius 1 is 1.22 bits per heavy atom. The van der Waals surface area contributed by atoms with Crippen LogP contribution in [-0.4, -0.2) is 95.0 Å². The van der Waals surface area contributed by atoms with Gasteiger partial charge in [0.15, 0.2) is 6.29 Å². The summed E-state index contributed by atoms with van der Waals surface area (Å²) in [5.74, 6) is -2.23. The van der Waals surface area contributed by atoms with Gasteiger partial charge in [-0.3, -0.25) is 4.79 Å². The number of rotatable bonds is 8. The van der Waals surface area contributed by atoms with E-state index < -0.39 is 67.5 Å². The summed E-state index contributed by atoms with van der Waals surface area (Å²) < 4.78 is 27.7. The zero-order valence-corrected chi connectivity index (χ0v) is 20.5. The minimum absolute atomic E-state index is 0.0193. The highest BCUT2D eigenvalue weighted by molar-refractivity contribution is 5.89. The van der Waals surface area contributed by atoms with Crippen LogP contribution in [0.1, 0.15) is 26.2 Å². The van der Waals surface area contributed by atoms with E-state index in [2.05, 4.69) is 6.58 Å². The smallest absolute Gasteiger partial charge is 0.337 e. The summed E-state index contributed by atoms with van der Waals surface area (Å²) >= 11 is 0. The lowest BCUT2D eigenvalue weighted by atomic mass is 9.82. The molecule has 3 aliphatic heterocycles. The van der Waals surface area contributed by atoms with Crippen molar-refractivity contribution in [2.45, 2.75) is 69.3 Å². The predicted octanol–water partition coefficient (Wildman–Crippen LogP) is -0.819. The third-order valence-corrected chi connectivity index (χ3v) is 8.01. The summed E-state index contributed by atoms with van der Waals surface area (Å²) in [6, 6.07) is 0. The summed E-state index contributed by atoms with van der Waals surface area (Å²) in [5.41, 5.74) is 0.111.